The fourth-order valence-electron chi connectivity index (χ4n) is 2.45. The van der Waals surface area contributed by atoms with Crippen molar-refractivity contribution in [1.82, 2.24) is 18.9 Å². The van der Waals surface area contributed by atoms with Crippen molar-refractivity contribution in [2.75, 3.05) is 26.2 Å². The van der Waals surface area contributed by atoms with E-state index < -0.39 is 10.2 Å². The molecule has 1 N–H and O–H groups in total. The maximum Gasteiger partial charge on any atom is 0.282 e. The van der Waals surface area contributed by atoms with Crippen molar-refractivity contribution in [1.29, 1.82) is 0 Å². The summed E-state index contributed by atoms with van der Waals surface area (Å²) in [6.07, 6.45) is 5.35. The van der Waals surface area contributed by atoms with E-state index in [0.29, 0.717) is 19.6 Å². The Bertz CT molecular complexity index is 539. The normalized spacial score (nSPS) is 21.2. The fourth-order valence-corrected chi connectivity index (χ4v) is 4.29. The zero-order chi connectivity index (χ0) is 14.0. The molecule has 0 atom stereocenters. The summed E-state index contributed by atoms with van der Waals surface area (Å²) in [7, 11) is -3.35. The van der Waals surface area contributed by atoms with Gasteiger partial charge < -0.3 is 5.32 Å². The van der Waals surface area contributed by atoms with Crippen molar-refractivity contribution in [2.45, 2.75) is 25.4 Å². The van der Waals surface area contributed by atoms with Crippen molar-refractivity contribution in [3.8, 4) is 0 Å². The van der Waals surface area contributed by atoms with Gasteiger partial charge in [0.05, 0.1) is 0 Å². The van der Waals surface area contributed by atoms with Crippen LogP contribution in [0.25, 0.3) is 0 Å². The Balaban J connectivity index is 1.79. The predicted octanol–water partition coefficient (Wildman–Crippen LogP) is 0.196. The van der Waals surface area contributed by atoms with Gasteiger partial charge in [0.25, 0.3) is 10.2 Å². The van der Waals surface area contributed by atoms with Crippen molar-refractivity contribution in [3.63, 3.8) is 0 Å². The van der Waals surface area contributed by atoms with Crippen LogP contribution in [0.4, 0.5) is 0 Å². The van der Waals surface area contributed by atoms with Crippen LogP contribution in [0.2, 0.25) is 0 Å². The highest BCUT2D eigenvalue weighted by Gasteiger charge is 2.40. The molecular formula is C13H20N4O2S. The zero-order valence-corrected chi connectivity index (χ0v) is 12.2. The van der Waals surface area contributed by atoms with Crippen LogP contribution in [-0.2, 0) is 16.8 Å². The third kappa shape index (κ3) is 3.01. The van der Waals surface area contributed by atoms with Crippen molar-refractivity contribution < 1.29 is 8.42 Å². The van der Waals surface area contributed by atoms with Gasteiger partial charge in [0, 0.05) is 51.2 Å². The largest absolute Gasteiger partial charge is 0.314 e. The van der Waals surface area contributed by atoms with Crippen LogP contribution in [0, 0.1) is 0 Å². The minimum atomic E-state index is -3.35. The summed E-state index contributed by atoms with van der Waals surface area (Å²) in [5.41, 5.74) is 0.991. The highest BCUT2D eigenvalue weighted by atomic mass is 32.2. The quantitative estimate of drug-likeness (QED) is 0.843. The third-order valence-electron chi connectivity index (χ3n) is 3.74. The summed E-state index contributed by atoms with van der Waals surface area (Å²) >= 11 is 0. The number of nitrogens with zero attached hydrogens (tertiary/aromatic N) is 3. The lowest BCUT2D eigenvalue weighted by Gasteiger charge is -2.32. The van der Waals surface area contributed by atoms with Gasteiger partial charge in [0.2, 0.25) is 0 Å². The number of piperazine rings is 1. The lowest BCUT2D eigenvalue weighted by Crippen LogP contribution is -2.52. The summed E-state index contributed by atoms with van der Waals surface area (Å²) < 4.78 is 28.8. The van der Waals surface area contributed by atoms with Gasteiger partial charge in [-0.3, -0.25) is 4.98 Å². The average molecular weight is 296 g/mol. The second-order valence-electron chi connectivity index (χ2n) is 5.29. The molecule has 1 aromatic rings. The van der Waals surface area contributed by atoms with Gasteiger partial charge in [0.15, 0.2) is 0 Å². The lowest BCUT2D eigenvalue weighted by molar-refractivity contribution is 0.304. The molecular weight excluding hydrogens is 276 g/mol. The molecule has 1 saturated carbocycles. The first-order chi connectivity index (χ1) is 9.68. The van der Waals surface area contributed by atoms with Gasteiger partial charge in [0.1, 0.15) is 0 Å². The van der Waals surface area contributed by atoms with Crippen LogP contribution in [-0.4, -0.2) is 54.2 Å². The first kappa shape index (κ1) is 13.9. The molecule has 0 spiro atoms. The maximum absolute atomic E-state index is 12.8. The summed E-state index contributed by atoms with van der Waals surface area (Å²) in [5.74, 6) is 0. The smallest absolute Gasteiger partial charge is 0.282 e. The highest BCUT2D eigenvalue weighted by Crippen LogP contribution is 2.32. The molecule has 6 nitrogen and oxygen atoms in total. The standard InChI is InChI=1S/C13H20N4O2S/c18-20(19,16-9-7-15-8-10-16)17(13-1-2-13)11-12-3-5-14-6-4-12/h3-6,13,15H,1-2,7-11H2. The number of nitrogens with one attached hydrogen (secondary N) is 1. The average Bonchev–Trinajstić information content (AvgIpc) is 3.31. The molecule has 1 saturated heterocycles. The highest BCUT2D eigenvalue weighted by molar-refractivity contribution is 7.86. The van der Waals surface area contributed by atoms with Crippen molar-refractivity contribution >= 4 is 10.2 Å². The summed E-state index contributed by atoms with van der Waals surface area (Å²) in [4.78, 5) is 3.98. The Hall–Kier alpha value is -1.02. The van der Waals surface area contributed by atoms with Gasteiger partial charge in [-0.1, -0.05) is 0 Å². The molecule has 0 bridgehead atoms. The molecule has 0 unspecified atom stereocenters. The van der Waals surface area contributed by atoms with E-state index >= 15 is 0 Å². The molecule has 2 heterocycles. The van der Waals surface area contributed by atoms with E-state index in [9.17, 15) is 8.42 Å². The van der Waals surface area contributed by atoms with Crippen LogP contribution < -0.4 is 5.32 Å². The minimum Gasteiger partial charge on any atom is -0.314 e. The maximum atomic E-state index is 12.8. The number of pyridine rings is 1. The summed E-state index contributed by atoms with van der Waals surface area (Å²) in [6, 6.07) is 3.92. The first-order valence-corrected chi connectivity index (χ1v) is 8.44. The van der Waals surface area contributed by atoms with Crippen LogP contribution in [0.15, 0.2) is 24.5 Å². The van der Waals surface area contributed by atoms with E-state index in [1.165, 1.54) is 0 Å². The molecule has 1 aromatic heterocycles. The SMILES string of the molecule is O=S(=O)(N1CCNCC1)N(Cc1ccncc1)C1CC1. The molecule has 20 heavy (non-hydrogen) atoms. The van der Waals surface area contributed by atoms with Crippen LogP contribution in [0.1, 0.15) is 18.4 Å². The van der Waals surface area contributed by atoms with Crippen molar-refractivity contribution in [3.05, 3.63) is 30.1 Å². The van der Waals surface area contributed by atoms with Gasteiger partial charge in [-0.2, -0.15) is 17.0 Å². The zero-order valence-electron chi connectivity index (χ0n) is 11.4. The van der Waals surface area contributed by atoms with E-state index in [4.69, 9.17) is 0 Å². The number of hydrogen-bond acceptors (Lipinski definition) is 4. The molecule has 2 aliphatic rings. The second kappa shape index (κ2) is 5.77. The Kier molecular flexibility index (Phi) is 4.02. The summed E-state index contributed by atoms with van der Waals surface area (Å²) in [5, 5.41) is 3.19. The number of hydrogen-bond donors (Lipinski definition) is 1. The number of aromatic nitrogens is 1. The summed E-state index contributed by atoms with van der Waals surface area (Å²) in [6.45, 7) is 3.02. The molecule has 3 rings (SSSR count). The molecule has 0 radical (unpaired) electrons. The topological polar surface area (TPSA) is 65.5 Å². The van der Waals surface area contributed by atoms with Gasteiger partial charge in [-0.25, -0.2) is 0 Å². The molecule has 1 aliphatic carbocycles. The van der Waals surface area contributed by atoms with Crippen LogP contribution in [0.3, 0.4) is 0 Å². The Morgan fingerprint density at radius 3 is 2.50 bits per heavy atom. The van der Waals surface area contributed by atoms with Crippen LogP contribution in [0.5, 0.6) is 0 Å². The molecule has 110 valence electrons. The molecule has 1 aliphatic heterocycles. The van der Waals surface area contributed by atoms with Gasteiger partial charge in [-0.05, 0) is 30.5 Å². The first-order valence-electron chi connectivity index (χ1n) is 7.04. The van der Waals surface area contributed by atoms with E-state index in [0.717, 1.165) is 31.5 Å². The van der Waals surface area contributed by atoms with Gasteiger partial charge in [-0.15, -0.1) is 0 Å². The van der Waals surface area contributed by atoms with Gasteiger partial charge >= 0.3 is 0 Å². The molecule has 0 aromatic carbocycles. The predicted molar refractivity (Wildman–Crippen MR) is 76.2 cm³/mol. The van der Waals surface area contributed by atoms with Crippen molar-refractivity contribution in [2.24, 2.45) is 0 Å². The Labute approximate surface area is 120 Å². The number of rotatable bonds is 5. The molecule has 0 amide bonds. The van der Waals surface area contributed by atoms with E-state index in [1.807, 2.05) is 12.1 Å². The molecule has 2 fully saturated rings. The monoisotopic (exact) mass is 296 g/mol. The third-order valence-corrected chi connectivity index (χ3v) is 5.78. The fraction of sp³-hybridized carbons (Fsp3) is 0.615. The Morgan fingerprint density at radius 1 is 1.25 bits per heavy atom. The molecule has 7 heteroatoms. The second-order valence-corrected chi connectivity index (χ2v) is 7.17. The van der Waals surface area contributed by atoms with E-state index in [2.05, 4.69) is 10.3 Å². The van der Waals surface area contributed by atoms with E-state index in [-0.39, 0.29) is 6.04 Å². The lowest BCUT2D eigenvalue weighted by atomic mass is 10.3. The van der Waals surface area contributed by atoms with Crippen LogP contribution >= 0.6 is 0 Å². The van der Waals surface area contributed by atoms with E-state index in [1.54, 1.807) is 21.0 Å². The Morgan fingerprint density at radius 2 is 1.90 bits per heavy atom. The minimum absolute atomic E-state index is 0.169.